The van der Waals surface area contributed by atoms with Crippen molar-refractivity contribution in [1.29, 1.82) is 0 Å². The SMILES string of the molecule is CCCn1nnnc1CNc1ccc(OCCO)cc1C(F)(F)F. The number of tetrazole rings is 1. The molecule has 0 fully saturated rings. The molecule has 1 heterocycles. The van der Waals surface area contributed by atoms with Crippen LogP contribution in [-0.2, 0) is 19.3 Å². The number of benzene rings is 1. The van der Waals surface area contributed by atoms with Crippen molar-refractivity contribution in [2.24, 2.45) is 0 Å². The summed E-state index contributed by atoms with van der Waals surface area (Å²) in [5.41, 5.74) is -0.947. The van der Waals surface area contributed by atoms with Crippen LogP contribution in [0.3, 0.4) is 0 Å². The lowest BCUT2D eigenvalue weighted by Gasteiger charge is -2.16. The smallest absolute Gasteiger partial charge is 0.418 e. The summed E-state index contributed by atoms with van der Waals surface area (Å²) in [5.74, 6) is 0.489. The maximum Gasteiger partial charge on any atom is 0.418 e. The zero-order valence-corrected chi connectivity index (χ0v) is 13.0. The molecule has 0 saturated carbocycles. The van der Waals surface area contributed by atoms with E-state index in [-0.39, 0.29) is 31.2 Å². The molecule has 0 aliphatic heterocycles. The third-order valence-electron chi connectivity index (χ3n) is 3.13. The van der Waals surface area contributed by atoms with E-state index in [4.69, 9.17) is 9.84 Å². The quantitative estimate of drug-likeness (QED) is 0.762. The molecule has 0 saturated heterocycles. The lowest BCUT2D eigenvalue weighted by atomic mass is 10.1. The van der Waals surface area contributed by atoms with Crippen LogP contribution in [0.25, 0.3) is 0 Å². The Morgan fingerprint density at radius 1 is 1.33 bits per heavy atom. The van der Waals surface area contributed by atoms with Gasteiger partial charge in [-0.3, -0.25) is 0 Å². The molecule has 0 bridgehead atoms. The highest BCUT2D eigenvalue weighted by molar-refractivity contribution is 5.55. The Bertz CT molecular complexity index is 660. The van der Waals surface area contributed by atoms with Crippen molar-refractivity contribution < 1.29 is 23.0 Å². The van der Waals surface area contributed by atoms with Gasteiger partial charge in [-0.2, -0.15) is 13.2 Å². The average Bonchev–Trinajstić information content (AvgIpc) is 2.98. The number of aryl methyl sites for hydroxylation is 1. The van der Waals surface area contributed by atoms with Crippen LogP contribution >= 0.6 is 0 Å². The number of aromatic nitrogens is 4. The highest BCUT2D eigenvalue weighted by Gasteiger charge is 2.34. The molecule has 1 aromatic carbocycles. The fourth-order valence-corrected chi connectivity index (χ4v) is 2.07. The first kappa shape index (κ1) is 18.0. The molecule has 10 heteroatoms. The molecule has 0 amide bonds. The van der Waals surface area contributed by atoms with Gasteiger partial charge in [0.15, 0.2) is 5.82 Å². The second-order valence-electron chi connectivity index (χ2n) is 4.95. The summed E-state index contributed by atoms with van der Waals surface area (Å²) < 4.78 is 46.3. The predicted octanol–water partition coefficient (Wildman–Crippen LogP) is 2.09. The highest BCUT2D eigenvalue weighted by atomic mass is 19.4. The van der Waals surface area contributed by atoms with Gasteiger partial charge in [-0.05, 0) is 35.0 Å². The summed E-state index contributed by atoms with van der Waals surface area (Å²) in [5, 5.41) is 22.5. The summed E-state index contributed by atoms with van der Waals surface area (Å²) in [7, 11) is 0. The molecule has 132 valence electrons. The summed E-state index contributed by atoms with van der Waals surface area (Å²) in [6, 6.07) is 3.58. The Balaban J connectivity index is 2.17. The monoisotopic (exact) mass is 345 g/mol. The Hall–Kier alpha value is -2.36. The summed E-state index contributed by atoms with van der Waals surface area (Å²) in [4.78, 5) is 0. The molecule has 2 rings (SSSR count). The lowest BCUT2D eigenvalue weighted by Crippen LogP contribution is -2.14. The van der Waals surface area contributed by atoms with Gasteiger partial charge in [0, 0.05) is 12.2 Å². The largest absolute Gasteiger partial charge is 0.491 e. The second-order valence-corrected chi connectivity index (χ2v) is 4.95. The number of alkyl halides is 3. The maximum absolute atomic E-state index is 13.2. The molecule has 0 unspecified atom stereocenters. The van der Waals surface area contributed by atoms with Crippen LogP contribution in [0.15, 0.2) is 18.2 Å². The molecule has 0 atom stereocenters. The summed E-state index contributed by atoms with van der Waals surface area (Å²) in [6.45, 7) is 2.25. The molecular formula is C14H18F3N5O2. The zero-order valence-electron chi connectivity index (χ0n) is 13.0. The fraction of sp³-hybridized carbons (Fsp3) is 0.500. The number of ether oxygens (including phenoxy) is 1. The van der Waals surface area contributed by atoms with Crippen molar-refractivity contribution in [3.63, 3.8) is 0 Å². The highest BCUT2D eigenvalue weighted by Crippen LogP contribution is 2.37. The first-order chi connectivity index (χ1) is 11.5. The number of aliphatic hydroxyl groups excluding tert-OH is 1. The van der Waals surface area contributed by atoms with Gasteiger partial charge in [-0.1, -0.05) is 6.92 Å². The Morgan fingerprint density at radius 3 is 2.79 bits per heavy atom. The first-order valence-corrected chi connectivity index (χ1v) is 7.39. The average molecular weight is 345 g/mol. The predicted molar refractivity (Wildman–Crippen MR) is 79.5 cm³/mol. The van der Waals surface area contributed by atoms with E-state index < -0.39 is 11.7 Å². The van der Waals surface area contributed by atoms with Gasteiger partial charge in [0.1, 0.15) is 12.4 Å². The Kier molecular flexibility index (Phi) is 5.96. The van der Waals surface area contributed by atoms with Gasteiger partial charge >= 0.3 is 6.18 Å². The molecule has 7 nitrogen and oxygen atoms in total. The van der Waals surface area contributed by atoms with Crippen molar-refractivity contribution >= 4 is 5.69 Å². The van der Waals surface area contributed by atoms with E-state index in [2.05, 4.69) is 20.8 Å². The van der Waals surface area contributed by atoms with E-state index in [9.17, 15) is 13.2 Å². The van der Waals surface area contributed by atoms with Gasteiger partial charge in [0.2, 0.25) is 0 Å². The van der Waals surface area contributed by atoms with E-state index >= 15 is 0 Å². The number of hydrogen-bond acceptors (Lipinski definition) is 6. The van der Waals surface area contributed by atoms with Crippen LogP contribution in [0.5, 0.6) is 5.75 Å². The number of hydrogen-bond donors (Lipinski definition) is 2. The van der Waals surface area contributed by atoms with Crippen LogP contribution in [0, 0.1) is 0 Å². The lowest BCUT2D eigenvalue weighted by molar-refractivity contribution is -0.137. The van der Waals surface area contributed by atoms with E-state index in [0.29, 0.717) is 12.4 Å². The number of nitrogens with zero attached hydrogens (tertiary/aromatic N) is 4. The molecule has 2 N–H and O–H groups in total. The van der Waals surface area contributed by atoms with Crippen molar-refractivity contribution in [1.82, 2.24) is 20.2 Å². The standard InChI is InChI=1S/C14H18F3N5O2/c1-2-5-22-13(19-20-21-22)9-18-12-4-3-10(24-7-6-23)8-11(12)14(15,16)17/h3-4,8,18,23H,2,5-7,9H2,1H3. The van der Waals surface area contributed by atoms with Gasteiger partial charge in [-0.25, -0.2) is 4.68 Å². The molecule has 0 aliphatic rings. The first-order valence-electron chi connectivity index (χ1n) is 7.39. The number of aliphatic hydroxyl groups is 1. The molecule has 0 radical (unpaired) electrons. The van der Waals surface area contributed by atoms with Crippen molar-refractivity contribution in [2.45, 2.75) is 32.6 Å². The topological polar surface area (TPSA) is 85.1 Å². The van der Waals surface area contributed by atoms with Crippen LogP contribution in [0.2, 0.25) is 0 Å². The van der Waals surface area contributed by atoms with Crippen molar-refractivity contribution in [3.8, 4) is 5.75 Å². The summed E-state index contributed by atoms with van der Waals surface area (Å²) in [6.07, 6.45) is -3.74. The molecule has 24 heavy (non-hydrogen) atoms. The fourth-order valence-electron chi connectivity index (χ4n) is 2.07. The number of anilines is 1. The van der Waals surface area contributed by atoms with Crippen LogP contribution in [-0.4, -0.2) is 38.5 Å². The van der Waals surface area contributed by atoms with Gasteiger partial charge in [0.25, 0.3) is 0 Å². The minimum atomic E-state index is -4.55. The van der Waals surface area contributed by atoms with Crippen LogP contribution in [0.1, 0.15) is 24.7 Å². The third-order valence-corrected chi connectivity index (χ3v) is 3.13. The van der Waals surface area contributed by atoms with E-state index in [1.807, 2.05) is 6.92 Å². The summed E-state index contributed by atoms with van der Waals surface area (Å²) >= 11 is 0. The molecular weight excluding hydrogens is 327 g/mol. The number of nitrogens with one attached hydrogen (secondary N) is 1. The Labute approximate surface area is 136 Å². The van der Waals surface area contributed by atoms with Gasteiger partial charge in [0.05, 0.1) is 18.7 Å². The molecule has 1 aromatic heterocycles. The number of halogens is 3. The number of rotatable bonds is 8. The van der Waals surface area contributed by atoms with E-state index in [1.54, 1.807) is 4.68 Å². The van der Waals surface area contributed by atoms with E-state index in [1.165, 1.54) is 12.1 Å². The normalized spacial score (nSPS) is 11.5. The minimum absolute atomic E-state index is 0.0396. The van der Waals surface area contributed by atoms with Crippen molar-refractivity contribution in [2.75, 3.05) is 18.5 Å². The Morgan fingerprint density at radius 2 is 2.12 bits per heavy atom. The van der Waals surface area contributed by atoms with Crippen molar-refractivity contribution in [3.05, 3.63) is 29.6 Å². The van der Waals surface area contributed by atoms with Crippen LogP contribution in [0.4, 0.5) is 18.9 Å². The molecule has 0 spiro atoms. The van der Waals surface area contributed by atoms with E-state index in [0.717, 1.165) is 12.5 Å². The third kappa shape index (κ3) is 4.57. The minimum Gasteiger partial charge on any atom is -0.491 e. The molecule has 2 aromatic rings. The maximum atomic E-state index is 13.2. The van der Waals surface area contributed by atoms with Crippen LogP contribution < -0.4 is 10.1 Å². The second kappa shape index (κ2) is 7.95. The molecule has 0 aliphatic carbocycles. The van der Waals surface area contributed by atoms with Gasteiger partial charge < -0.3 is 15.2 Å². The zero-order chi connectivity index (χ0) is 17.6. The van der Waals surface area contributed by atoms with Gasteiger partial charge in [-0.15, -0.1) is 5.10 Å².